The van der Waals surface area contributed by atoms with Crippen LogP contribution < -0.4 is 0 Å². The fourth-order valence-electron chi connectivity index (χ4n) is 2.28. The van der Waals surface area contributed by atoms with Gasteiger partial charge in [0.2, 0.25) is 5.91 Å². The molecule has 0 aromatic rings. The largest absolute Gasteiger partial charge is 0.480 e. The standard InChI is InChI=1S/C11H15NO4S/c1-6(13)17-8-4-9(14)12(5-8)10(11(15)16)7-2-3-7/h7-8,10H,2-5H2,1H3,(H,15,16). The molecule has 1 aliphatic heterocycles. The van der Waals surface area contributed by atoms with Gasteiger partial charge in [-0.1, -0.05) is 11.8 Å². The average Bonchev–Trinajstić information content (AvgIpc) is 2.93. The zero-order valence-electron chi connectivity index (χ0n) is 9.59. The normalized spacial score (nSPS) is 26.1. The Balaban J connectivity index is 2.03. The van der Waals surface area contributed by atoms with Gasteiger partial charge in [0.05, 0.1) is 0 Å². The molecule has 1 amide bonds. The lowest BCUT2D eigenvalue weighted by atomic mass is 10.1. The zero-order chi connectivity index (χ0) is 12.6. The molecule has 0 aromatic carbocycles. The Morgan fingerprint density at radius 1 is 1.47 bits per heavy atom. The number of hydrogen-bond donors (Lipinski definition) is 1. The maximum atomic E-state index is 11.8. The highest BCUT2D eigenvalue weighted by Crippen LogP contribution is 2.38. The first-order valence-corrected chi connectivity index (χ1v) is 6.56. The molecule has 2 fully saturated rings. The van der Waals surface area contributed by atoms with Crippen molar-refractivity contribution in [2.75, 3.05) is 6.54 Å². The van der Waals surface area contributed by atoms with E-state index in [1.807, 2.05) is 0 Å². The van der Waals surface area contributed by atoms with Gasteiger partial charge in [-0.05, 0) is 18.8 Å². The third-order valence-electron chi connectivity index (χ3n) is 3.11. The van der Waals surface area contributed by atoms with E-state index in [1.165, 1.54) is 11.8 Å². The smallest absolute Gasteiger partial charge is 0.326 e. The van der Waals surface area contributed by atoms with Crippen molar-refractivity contribution in [1.82, 2.24) is 4.90 Å². The third kappa shape index (κ3) is 2.80. The summed E-state index contributed by atoms with van der Waals surface area (Å²) in [6.07, 6.45) is 2.04. The Morgan fingerprint density at radius 3 is 2.59 bits per heavy atom. The van der Waals surface area contributed by atoms with Crippen molar-refractivity contribution in [2.24, 2.45) is 5.92 Å². The van der Waals surface area contributed by atoms with E-state index >= 15 is 0 Å². The van der Waals surface area contributed by atoms with Crippen LogP contribution >= 0.6 is 11.8 Å². The minimum Gasteiger partial charge on any atom is -0.480 e. The van der Waals surface area contributed by atoms with Crippen LogP contribution in [0.2, 0.25) is 0 Å². The van der Waals surface area contributed by atoms with Crippen LogP contribution in [-0.4, -0.2) is 44.8 Å². The van der Waals surface area contributed by atoms with E-state index in [0.29, 0.717) is 6.54 Å². The van der Waals surface area contributed by atoms with Gasteiger partial charge in [0, 0.05) is 25.1 Å². The Bertz CT molecular complexity index is 366. The first-order valence-electron chi connectivity index (χ1n) is 5.68. The molecule has 1 N–H and O–H groups in total. The van der Waals surface area contributed by atoms with Gasteiger partial charge in [0.1, 0.15) is 6.04 Å². The summed E-state index contributed by atoms with van der Waals surface area (Å²) < 4.78 is 0. The molecule has 1 heterocycles. The number of thioether (sulfide) groups is 1. The van der Waals surface area contributed by atoms with Gasteiger partial charge in [-0.25, -0.2) is 4.79 Å². The molecule has 1 aliphatic carbocycles. The lowest BCUT2D eigenvalue weighted by molar-refractivity contribution is -0.149. The Hall–Kier alpha value is -1.04. The predicted molar refractivity (Wildman–Crippen MR) is 62.5 cm³/mol. The second-order valence-electron chi connectivity index (χ2n) is 4.60. The molecule has 1 saturated heterocycles. The molecule has 0 aromatic heterocycles. The van der Waals surface area contributed by atoms with E-state index in [4.69, 9.17) is 5.11 Å². The van der Waals surface area contributed by atoms with E-state index in [0.717, 1.165) is 24.6 Å². The van der Waals surface area contributed by atoms with Crippen LogP contribution in [-0.2, 0) is 14.4 Å². The summed E-state index contributed by atoms with van der Waals surface area (Å²) in [5.41, 5.74) is 0. The summed E-state index contributed by atoms with van der Waals surface area (Å²) in [7, 11) is 0. The van der Waals surface area contributed by atoms with Crippen molar-refractivity contribution in [3.8, 4) is 0 Å². The summed E-state index contributed by atoms with van der Waals surface area (Å²) in [5.74, 6) is -0.949. The second-order valence-corrected chi connectivity index (χ2v) is 6.08. The first kappa shape index (κ1) is 12.4. The van der Waals surface area contributed by atoms with Crippen LogP contribution in [0.1, 0.15) is 26.2 Å². The molecule has 6 heteroatoms. The van der Waals surface area contributed by atoms with Crippen molar-refractivity contribution in [1.29, 1.82) is 0 Å². The number of likely N-dealkylation sites (tertiary alicyclic amines) is 1. The first-order chi connectivity index (χ1) is 7.99. The number of carboxylic acids is 1. The molecule has 0 radical (unpaired) electrons. The highest BCUT2D eigenvalue weighted by atomic mass is 32.2. The zero-order valence-corrected chi connectivity index (χ0v) is 10.4. The Labute approximate surface area is 104 Å². The molecule has 0 bridgehead atoms. The summed E-state index contributed by atoms with van der Waals surface area (Å²) in [6.45, 7) is 1.85. The number of carbonyl (C=O) groups is 3. The van der Waals surface area contributed by atoms with Gasteiger partial charge in [0.15, 0.2) is 5.12 Å². The lowest BCUT2D eigenvalue weighted by Crippen LogP contribution is -2.43. The van der Waals surface area contributed by atoms with Crippen LogP contribution in [0.3, 0.4) is 0 Å². The number of rotatable bonds is 4. The SMILES string of the molecule is CC(=O)SC1CC(=O)N(C(C(=O)O)C2CC2)C1. The summed E-state index contributed by atoms with van der Waals surface area (Å²) >= 11 is 1.14. The van der Waals surface area contributed by atoms with Gasteiger partial charge in [-0.2, -0.15) is 0 Å². The topological polar surface area (TPSA) is 74.7 Å². The highest BCUT2D eigenvalue weighted by molar-refractivity contribution is 8.14. The van der Waals surface area contributed by atoms with E-state index in [1.54, 1.807) is 0 Å². The lowest BCUT2D eigenvalue weighted by Gasteiger charge is -2.24. The molecule has 0 spiro atoms. The van der Waals surface area contributed by atoms with Crippen LogP contribution in [0.15, 0.2) is 0 Å². The number of nitrogens with zero attached hydrogens (tertiary/aromatic N) is 1. The number of carboxylic acid groups (broad SMARTS) is 1. The summed E-state index contributed by atoms with van der Waals surface area (Å²) in [5, 5.41) is 9.05. The Kier molecular flexibility index (Phi) is 3.42. The molecule has 2 aliphatic rings. The molecular weight excluding hydrogens is 242 g/mol. The minimum atomic E-state index is -0.922. The fraction of sp³-hybridized carbons (Fsp3) is 0.727. The van der Waals surface area contributed by atoms with Gasteiger partial charge in [-0.3, -0.25) is 9.59 Å². The molecule has 5 nitrogen and oxygen atoms in total. The quantitative estimate of drug-likeness (QED) is 0.803. The maximum absolute atomic E-state index is 11.8. The molecule has 2 atom stereocenters. The van der Waals surface area contributed by atoms with Crippen LogP contribution in [0.4, 0.5) is 0 Å². The van der Waals surface area contributed by atoms with Crippen molar-refractivity contribution in [3.63, 3.8) is 0 Å². The van der Waals surface area contributed by atoms with E-state index < -0.39 is 12.0 Å². The molecule has 17 heavy (non-hydrogen) atoms. The van der Waals surface area contributed by atoms with E-state index in [2.05, 4.69) is 0 Å². The van der Waals surface area contributed by atoms with E-state index in [-0.39, 0.29) is 28.6 Å². The van der Waals surface area contributed by atoms with Gasteiger partial charge in [0.25, 0.3) is 0 Å². The van der Waals surface area contributed by atoms with Gasteiger partial charge >= 0.3 is 5.97 Å². The molecule has 1 saturated carbocycles. The molecular formula is C11H15NO4S. The van der Waals surface area contributed by atoms with E-state index in [9.17, 15) is 14.4 Å². The van der Waals surface area contributed by atoms with Crippen molar-refractivity contribution >= 4 is 28.8 Å². The van der Waals surface area contributed by atoms with Crippen LogP contribution in [0, 0.1) is 5.92 Å². The predicted octanol–water partition coefficient (Wildman–Crippen LogP) is 0.730. The van der Waals surface area contributed by atoms with Gasteiger partial charge < -0.3 is 10.0 Å². The van der Waals surface area contributed by atoms with Crippen LogP contribution in [0.5, 0.6) is 0 Å². The number of amides is 1. The summed E-state index contributed by atoms with van der Waals surface area (Å²) in [4.78, 5) is 35.4. The van der Waals surface area contributed by atoms with Crippen LogP contribution in [0.25, 0.3) is 0 Å². The fourth-order valence-corrected chi connectivity index (χ4v) is 3.21. The number of carbonyl (C=O) groups excluding carboxylic acids is 2. The number of hydrogen-bond acceptors (Lipinski definition) is 4. The average molecular weight is 257 g/mol. The monoisotopic (exact) mass is 257 g/mol. The molecule has 2 unspecified atom stereocenters. The Morgan fingerprint density at radius 2 is 2.12 bits per heavy atom. The molecule has 2 rings (SSSR count). The van der Waals surface area contributed by atoms with Gasteiger partial charge in [-0.15, -0.1) is 0 Å². The summed E-state index contributed by atoms with van der Waals surface area (Å²) in [6, 6.07) is -0.681. The number of aliphatic carboxylic acids is 1. The third-order valence-corrected chi connectivity index (χ3v) is 4.09. The molecule has 94 valence electrons. The van der Waals surface area contributed by atoms with Crippen molar-refractivity contribution in [2.45, 2.75) is 37.5 Å². The van der Waals surface area contributed by atoms with Crippen molar-refractivity contribution in [3.05, 3.63) is 0 Å². The second kappa shape index (κ2) is 4.68. The van der Waals surface area contributed by atoms with Crippen molar-refractivity contribution < 1.29 is 19.5 Å². The minimum absolute atomic E-state index is 0.0250. The highest BCUT2D eigenvalue weighted by Gasteiger charge is 2.45. The maximum Gasteiger partial charge on any atom is 0.326 e.